The number of hydrogen-bond donors (Lipinski definition) is 0. The molecular formula is C18H14N2. The van der Waals surface area contributed by atoms with Gasteiger partial charge in [-0.15, -0.1) is 11.8 Å². The smallest absolute Gasteiger partial charge is 0.0857 e. The highest BCUT2D eigenvalue weighted by atomic mass is 15.1. The van der Waals surface area contributed by atoms with E-state index in [0.717, 1.165) is 22.5 Å². The molecule has 2 aromatic rings. The Morgan fingerprint density at radius 3 is 1.25 bits per heavy atom. The lowest BCUT2D eigenvalue weighted by Crippen LogP contribution is -1.72. The molecule has 0 saturated carbocycles. The fourth-order valence-electron chi connectivity index (χ4n) is 1.63. The number of benzene rings is 2. The van der Waals surface area contributed by atoms with Crippen molar-refractivity contribution in [3.63, 3.8) is 0 Å². The molecule has 0 amide bonds. The second kappa shape index (κ2) is 6.92. The molecule has 2 rings (SSSR count). The Hall–Kier alpha value is -2.84. The van der Waals surface area contributed by atoms with Gasteiger partial charge in [-0.05, 0) is 62.4 Å². The van der Waals surface area contributed by atoms with Crippen molar-refractivity contribution in [2.45, 2.75) is 13.8 Å². The summed E-state index contributed by atoms with van der Waals surface area (Å²) in [5.74, 6) is 11.7. The first kappa shape index (κ1) is 13.6. The lowest BCUT2D eigenvalue weighted by Gasteiger charge is -1.95. The Labute approximate surface area is 119 Å². The first-order chi connectivity index (χ1) is 9.81. The average molecular weight is 258 g/mol. The maximum absolute atomic E-state index is 4.19. The molecule has 0 fully saturated rings. The molecule has 2 nitrogen and oxygen atoms in total. The zero-order chi connectivity index (χ0) is 14.2. The van der Waals surface area contributed by atoms with Gasteiger partial charge in [0.1, 0.15) is 0 Å². The largest absolute Gasteiger partial charge is 0.151 e. The molecule has 0 radical (unpaired) electrons. The minimum atomic E-state index is 0.809. The SMILES string of the molecule is CC#Cc1ccc(/N=N/c2ccc(C#CC)cc2)cc1. The molecule has 2 heteroatoms. The monoisotopic (exact) mass is 258 g/mol. The van der Waals surface area contributed by atoms with E-state index >= 15 is 0 Å². The van der Waals surface area contributed by atoms with E-state index in [1.54, 1.807) is 0 Å². The molecule has 0 N–H and O–H groups in total. The van der Waals surface area contributed by atoms with Gasteiger partial charge in [0, 0.05) is 11.1 Å². The van der Waals surface area contributed by atoms with Crippen molar-refractivity contribution in [2.24, 2.45) is 10.2 Å². The van der Waals surface area contributed by atoms with Gasteiger partial charge in [0.2, 0.25) is 0 Å². The molecule has 0 heterocycles. The van der Waals surface area contributed by atoms with E-state index in [1.807, 2.05) is 62.4 Å². The predicted octanol–water partition coefficient (Wildman–Crippen LogP) is 4.84. The summed E-state index contributed by atoms with van der Waals surface area (Å²) < 4.78 is 0. The number of nitrogens with zero attached hydrogens (tertiary/aromatic N) is 2. The van der Waals surface area contributed by atoms with Crippen LogP contribution in [0, 0.1) is 23.7 Å². The lowest BCUT2D eigenvalue weighted by atomic mass is 10.2. The van der Waals surface area contributed by atoms with E-state index in [1.165, 1.54) is 0 Å². The van der Waals surface area contributed by atoms with Crippen LogP contribution in [0.4, 0.5) is 11.4 Å². The van der Waals surface area contributed by atoms with Crippen LogP contribution in [-0.4, -0.2) is 0 Å². The van der Waals surface area contributed by atoms with Crippen molar-refractivity contribution in [3.05, 3.63) is 59.7 Å². The fourth-order valence-corrected chi connectivity index (χ4v) is 1.63. The zero-order valence-corrected chi connectivity index (χ0v) is 11.5. The predicted molar refractivity (Wildman–Crippen MR) is 82.2 cm³/mol. The standard InChI is InChI=1S/C18H14N2/c1-3-5-15-7-11-17(12-8-15)19-20-18-13-9-16(6-4-2)10-14-18/h7-14H,1-2H3/b20-19+. The average Bonchev–Trinajstić information content (AvgIpc) is 2.49. The molecule has 0 aliphatic carbocycles. The molecule has 0 aromatic heterocycles. The molecule has 0 spiro atoms. The van der Waals surface area contributed by atoms with Gasteiger partial charge in [-0.3, -0.25) is 0 Å². The van der Waals surface area contributed by atoms with E-state index in [-0.39, 0.29) is 0 Å². The van der Waals surface area contributed by atoms with E-state index < -0.39 is 0 Å². The van der Waals surface area contributed by atoms with Gasteiger partial charge in [-0.25, -0.2) is 0 Å². The number of azo groups is 1. The minimum absolute atomic E-state index is 0.809. The van der Waals surface area contributed by atoms with Crippen LogP contribution in [-0.2, 0) is 0 Å². The first-order valence-corrected chi connectivity index (χ1v) is 6.29. The van der Waals surface area contributed by atoms with Crippen molar-refractivity contribution in [1.82, 2.24) is 0 Å². The van der Waals surface area contributed by atoms with Gasteiger partial charge >= 0.3 is 0 Å². The highest BCUT2D eigenvalue weighted by molar-refractivity contribution is 5.46. The molecule has 0 aliphatic rings. The maximum Gasteiger partial charge on any atom is 0.0857 e. The number of hydrogen-bond acceptors (Lipinski definition) is 2. The third-order valence-corrected chi connectivity index (χ3v) is 2.55. The van der Waals surface area contributed by atoms with Crippen molar-refractivity contribution in [2.75, 3.05) is 0 Å². The van der Waals surface area contributed by atoms with Crippen LogP contribution >= 0.6 is 0 Å². The lowest BCUT2D eigenvalue weighted by molar-refractivity contribution is 1.23. The van der Waals surface area contributed by atoms with Crippen molar-refractivity contribution in [3.8, 4) is 23.7 Å². The Bertz CT molecular complexity index is 650. The summed E-state index contributed by atoms with van der Waals surface area (Å²) in [6.07, 6.45) is 0. The van der Waals surface area contributed by atoms with Crippen LogP contribution < -0.4 is 0 Å². The van der Waals surface area contributed by atoms with Gasteiger partial charge in [-0.1, -0.05) is 11.8 Å². The summed E-state index contributed by atoms with van der Waals surface area (Å²) in [4.78, 5) is 0. The van der Waals surface area contributed by atoms with Gasteiger partial charge in [-0.2, -0.15) is 10.2 Å². The van der Waals surface area contributed by atoms with Gasteiger partial charge in [0.05, 0.1) is 11.4 Å². The highest BCUT2D eigenvalue weighted by Crippen LogP contribution is 2.18. The number of rotatable bonds is 2. The van der Waals surface area contributed by atoms with E-state index in [0.29, 0.717) is 0 Å². The molecule has 0 aliphatic heterocycles. The van der Waals surface area contributed by atoms with Crippen molar-refractivity contribution < 1.29 is 0 Å². The third-order valence-electron chi connectivity index (χ3n) is 2.55. The Morgan fingerprint density at radius 1 is 0.600 bits per heavy atom. The van der Waals surface area contributed by atoms with Gasteiger partial charge in [0.15, 0.2) is 0 Å². The van der Waals surface area contributed by atoms with Crippen LogP contribution in [0.5, 0.6) is 0 Å². The Morgan fingerprint density at radius 2 is 0.950 bits per heavy atom. The second-order valence-corrected chi connectivity index (χ2v) is 4.04. The van der Waals surface area contributed by atoms with Crippen LogP contribution in [0.25, 0.3) is 0 Å². The zero-order valence-electron chi connectivity index (χ0n) is 11.5. The highest BCUT2D eigenvalue weighted by Gasteiger charge is 1.92. The van der Waals surface area contributed by atoms with Gasteiger partial charge in [0.25, 0.3) is 0 Å². The quantitative estimate of drug-likeness (QED) is 0.543. The molecule has 96 valence electrons. The van der Waals surface area contributed by atoms with E-state index in [9.17, 15) is 0 Å². The Balaban J connectivity index is 2.10. The molecule has 20 heavy (non-hydrogen) atoms. The second-order valence-electron chi connectivity index (χ2n) is 4.04. The topological polar surface area (TPSA) is 24.7 Å². The normalized spacial score (nSPS) is 9.50. The van der Waals surface area contributed by atoms with Crippen LogP contribution in [0.3, 0.4) is 0 Å². The fraction of sp³-hybridized carbons (Fsp3) is 0.111. The first-order valence-electron chi connectivity index (χ1n) is 6.29. The van der Waals surface area contributed by atoms with Gasteiger partial charge < -0.3 is 0 Å². The van der Waals surface area contributed by atoms with Crippen molar-refractivity contribution >= 4 is 11.4 Å². The summed E-state index contributed by atoms with van der Waals surface area (Å²) in [6, 6.07) is 15.4. The summed E-state index contributed by atoms with van der Waals surface area (Å²) in [5, 5.41) is 8.39. The summed E-state index contributed by atoms with van der Waals surface area (Å²) in [5.41, 5.74) is 3.58. The van der Waals surface area contributed by atoms with Crippen molar-refractivity contribution in [1.29, 1.82) is 0 Å². The molecular weight excluding hydrogens is 244 g/mol. The van der Waals surface area contributed by atoms with Crippen LogP contribution in [0.1, 0.15) is 25.0 Å². The molecule has 0 unspecified atom stereocenters. The molecule has 0 saturated heterocycles. The minimum Gasteiger partial charge on any atom is -0.151 e. The summed E-state index contributed by atoms with van der Waals surface area (Å²) in [6.45, 7) is 3.64. The van der Waals surface area contributed by atoms with Crippen LogP contribution in [0.15, 0.2) is 58.8 Å². The summed E-state index contributed by atoms with van der Waals surface area (Å²) >= 11 is 0. The molecule has 0 atom stereocenters. The molecule has 2 aromatic carbocycles. The van der Waals surface area contributed by atoms with E-state index in [4.69, 9.17) is 0 Å². The Kier molecular flexibility index (Phi) is 4.70. The molecule has 0 bridgehead atoms. The summed E-state index contributed by atoms with van der Waals surface area (Å²) in [7, 11) is 0. The van der Waals surface area contributed by atoms with Crippen LogP contribution in [0.2, 0.25) is 0 Å². The maximum atomic E-state index is 4.19. The van der Waals surface area contributed by atoms with E-state index in [2.05, 4.69) is 33.9 Å². The third kappa shape index (κ3) is 3.83.